The van der Waals surface area contributed by atoms with E-state index in [9.17, 15) is 25.5 Å². The SMILES string of the molecule is CO[P+](O)(O)OCC1C(O)C(O)C(O)C(O)C1O. The van der Waals surface area contributed by atoms with Gasteiger partial charge in [-0.1, -0.05) is 0 Å². The van der Waals surface area contributed by atoms with Crippen molar-refractivity contribution in [2.45, 2.75) is 30.5 Å². The Balaban J connectivity index is 2.69. The maximum absolute atomic E-state index is 9.61. The number of hydrogen-bond acceptors (Lipinski definition) is 9. The van der Waals surface area contributed by atoms with Crippen LogP contribution in [-0.4, -0.2) is 79.6 Å². The van der Waals surface area contributed by atoms with E-state index in [4.69, 9.17) is 9.79 Å². The van der Waals surface area contributed by atoms with Gasteiger partial charge >= 0.3 is 8.17 Å². The molecule has 0 saturated heterocycles. The van der Waals surface area contributed by atoms with Crippen LogP contribution < -0.4 is 0 Å². The van der Waals surface area contributed by atoms with Crippen LogP contribution in [-0.2, 0) is 9.05 Å². The molecule has 4 atom stereocenters. The van der Waals surface area contributed by atoms with Gasteiger partial charge in [0.25, 0.3) is 0 Å². The number of rotatable bonds is 4. The van der Waals surface area contributed by atoms with E-state index in [-0.39, 0.29) is 0 Å². The highest BCUT2D eigenvalue weighted by molar-refractivity contribution is 7.54. The number of hydrogen-bond donors (Lipinski definition) is 7. The zero-order valence-electron chi connectivity index (χ0n) is 9.57. The summed E-state index contributed by atoms with van der Waals surface area (Å²) in [5.74, 6) is -1.20. The van der Waals surface area contributed by atoms with E-state index in [0.717, 1.165) is 7.11 Å². The summed E-state index contributed by atoms with van der Waals surface area (Å²) >= 11 is 0. The van der Waals surface area contributed by atoms with E-state index in [1.165, 1.54) is 0 Å². The first kappa shape index (κ1) is 16.1. The van der Waals surface area contributed by atoms with Gasteiger partial charge in [0.15, 0.2) is 0 Å². The zero-order valence-corrected chi connectivity index (χ0v) is 10.5. The molecule has 0 heterocycles. The molecule has 1 aliphatic carbocycles. The van der Waals surface area contributed by atoms with Crippen molar-refractivity contribution in [3.05, 3.63) is 0 Å². The molecule has 0 aromatic heterocycles. The molecule has 0 radical (unpaired) electrons. The van der Waals surface area contributed by atoms with Crippen LogP contribution in [0.2, 0.25) is 0 Å². The van der Waals surface area contributed by atoms with Gasteiger partial charge in [-0.3, -0.25) is 0 Å². The van der Waals surface area contributed by atoms with Gasteiger partial charge in [0.2, 0.25) is 0 Å². The summed E-state index contributed by atoms with van der Waals surface area (Å²) in [4.78, 5) is 18.2. The summed E-state index contributed by atoms with van der Waals surface area (Å²) < 4.78 is 8.80. The van der Waals surface area contributed by atoms with E-state index in [2.05, 4.69) is 9.05 Å². The lowest BCUT2D eigenvalue weighted by Crippen LogP contribution is -2.61. The fourth-order valence-corrected chi connectivity index (χ4v) is 2.22. The van der Waals surface area contributed by atoms with Crippen LogP contribution in [0.3, 0.4) is 0 Å². The van der Waals surface area contributed by atoms with Gasteiger partial charge in [-0.15, -0.1) is 0 Å². The average molecular weight is 289 g/mol. The van der Waals surface area contributed by atoms with Crippen LogP contribution in [0.4, 0.5) is 0 Å². The molecule has 0 aliphatic heterocycles. The molecule has 0 bridgehead atoms. The quantitative estimate of drug-likeness (QED) is 0.264. The molecule has 9 nitrogen and oxygen atoms in total. The molecule has 1 fully saturated rings. The largest absolute Gasteiger partial charge is 0.569 e. The van der Waals surface area contributed by atoms with Crippen molar-refractivity contribution in [3.63, 3.8) is 0 Å². The van der Waals surface area contributed by atoms with Crippen molar-refractivity contribution in [1.82, 2.24) is 0 Å². The molecule has 10 heteroatoms. The van der Waals surface area contributed by atoms with Crippen LogP contribution in [0, 0.1) is 5.92 Å². The Morgan fingerprint density at radius 3 is 1.61 bits per heavy atom. The molecular formula is C8H18O9P+. The summed E-state index contributed by atoms with van der Waals surface area (Å²) in [7, 11) is -3.05. The smallest absolute Gasteiger partial charge is 0.390 e. The molecule has 0 aromatic rings. The van der Waals surface area contributed by atoms with Crippen LogP contribution >= 0.6 is 8.17 Å². The minimum absolute atomic E-state index is 0.572. The first-order chi connectivity index (χ1) is 8.21. The highest BCUT2D eigenvalue weighted by Gasteiger charge is 2.50. The number of aliphatic hydroxyl groups excluding tert-OH is 5. The predicted molar refractivity (Wildman–Crippen MR) is 57.8 cm³/mol. The van der Waals surface area contributed by atoms with Crippen LogP contribution in [0.25, 0.3) is 0 Å². The third-order valence-electron chi connectivity index (χ3n) is 2.95. The molecule has 1 aliphatic rings. The lowest BCUT2D eigenvalue weighted by molar-refractivity contribution is -0.209. The molecule has 108 valence electrons. The second kappa shape index (κ2) is 6.02. The minimum Gasteiger partial charge on any atom is -0.390 e. The predicted octanol–water partition coefficient (Wildman–Crippen LogP) is -3.25. The van der Waals surface area contributed by atoms with Gasteiger partial charge in [0.05, 0.1) is 19.3 Å². The van der Waals surface area contributed by atoms with Crippen LogP contribution in [0.5, 0.6) is 0 Å². The van der Waals surface area contributed by atoms with Crippen molar-refractivity contribution in [1.29, 1.82) is 0 Å². The van der Waals surface area contributed by atoms with Crippen molar-refractivity contribution < 1.29 is 44.4 Å². The van der Waals surface area contributed by atoms with Gasteiger partial charge in [-0.2, -0.15) is 18.8 Å². The summed E-state index contributed by atoms with van der Waals surface area (Å²) in [5.41, 5.74) is 0. The third kappa shape index (κ3) is 3.34. The second-order valence-electron chi connectivity index (χ2n) is 4.09. The molecule has 18 heavy (non-hydrogen) atoms. The number of aliphatic hydroxyl groups is 5. The standard InChI is InChI=1S/C8H18O9P/c1-16-18(14,15)17-2-3-4(9)6(11)8(13)7(12)5(3)10/h3-15H,2H2,1H3/q+1. The minimum atomic E-state index is -4.05. The average Bonchev–Trinajstić information content (AvgIpc) is 2.34. The lowest BCUT2D eigenvalue weighted by Gasteiger charge is -2.41. The van der Waals surface area contributed by atoms with Gasteiger partial charge < -0.3 is 25.5 Å². The monoisotopic (exact) mass is 289 g/mol. The van der Waals surface area contributed by atoms with Crippen molar-refractivity contribution in [2.24, 2.45) is 5.92 Å². The Morgan fingerprint density at radius 2 is 1.22 bits per heavy atom. The van der Waals surface area contributed by atoms with Gasteiger partial charge in [-0.05, 0) is 0 Å². The van der Waals surface area contributed by atoms with E-state index < -0.39 is 51.2 Å². The third-order valence-corrected chi connectivity index (χ3v) is 3.91. The first-order valence-electron chi connectivity index (χ1n) is 5.16. The summed E-state index contributed by atoms with van der Waals surface area (Å²) in [6.07, 6.45) is -8.23. The normalized spacial score (nSPS) is 42.0. The van der Waals surface area contributed by atoms with E-state index in [1.54, 1.807) is 0 Å². The van der Waals surface area contributed by atoms with Crippen molar-refractivity contribution in [2.75, 3.05) is 13.7 Å². The maximum Gasteiger partial charge on any atom is 0.569 e. The fraction of sp³-hybridized carbons (Fsp3) is 1.00. The highest BCUT2D eigenvalue weighted by Crippen LogP contribution is 2.52. The zero-order chi connectivity index (χ0) is 14.1. The summed E-state index contributed by atoms with van der Waals surface area (Å²) in [6.45, 7) is -0.572. The topological polar surface area (TPSA) is 160 Å². The molecular weight excluding hydrogens is 271 g/mol. The Hall–Kier alpha value is 0.0700. The van der Waals surface area contributed by atoms with Crippen molar-refractivity contribution in [3.8, 4) is 0 Å². The van der Waals surface area contributed by atoms with Crippen LogP contribution in [0.15, 0.2) is 0 Å². The van der Waals surface area contributed by atoms with E-state index in [1.807, 2.05) is 0 Å². The molecule has 0 aromatic carbocycles. The Kier molecular flexibility index (Phi) is 5.39. The molecule has 0 spiro atoms. The summed E-state index contributed by atoms with van der Waals surface area (Å²) in [6, 6.07) is 0. The van der Waals surface area contributed by atoms with Gasteiger partial charge in [0, 0.05) is 5.92 Å². The van der Waals surface area contributed by atoms with Gasteiger partial charge in [0.1, 0.15) is 24.9 Å². The lowest BCUT2D eigenvalue weighted by atomic mass is 9.79. The first-order valence-corrected chi connectivity index (χ1v) is 6.69. The van der Waals surface area contributed by atoms with E-state index >= 15 is 0 Å². The highest BCUT2D eigenvalue weighted by atomic mass is 31.2. The molecule has 7 N–H and O–H groups in total. The molecule has 4 unspecified atom stereocenters. The molecule has 0 amide bonds. The Labute approximate surface area is 104 Å². The van der Waals surface area contributed by atoms with Gasteiger partial charge in [-0.25, -0.2) is 0 Å². The molecule has 1 rings (SSSR count). The maximum atomic E-state index is 9.61. The van der Waals surface area contributed by atoms with E-state index in [0.29, 0.717) is 0 Å². The van der Waals surface area contributed by atoms with Crippen LogP contribution in [0.1, 0.15) is 0 Å². The summed E-state index contributed by atoms with van der Waals surface area (Å²) in [5, 5.41) is 47.4. The Bertz CT molecular complexity index is 259. The Morgan fingerprint density at radius 1 is 0.833 bits per heavy atom. The fourth-order valence-electron chi connectivity index (χ4n) is 1.75. The second-order valence-corrected chi connectivity index (χ2v) is 5.69. The van der Waals surface area contributed by atoms with Crippen molar-refractivity contribution >= 4 is 8.17 Å². The molecule has 1 saturated carbocycles.